The summed E-state index contributed by atoms with van der Waals surface area (Å²) in [4.78, 5) is 38.3. The second-order valence-corrected chi connectivity index (χ2v) is 4.67. The summed E-state index contributed by atoms with van der Waals surface area (Å²) in [6.07, 6.45) is 0. The van der Waals surface area contributed by atoms with Crippen LogP contribution in [0.2, 0.25) is 0 Å². The van der Waals surface area contributed by atoms with Crippen LogP contribution in [0.1, 0.15) is 22.8 Å². The Morgan fingerprint density at radius 3 is 2.25 bits per heavy atom. The van der Waals surface area contributed by atoms with Gasteiger partial charge >= 0.3 is 11.9 Å². The molecule has 0 bridgehead atoms. The molecule has 0 spiro atoms. The van der Waals surface area contributed by atoms with Gasteiger partial charge in [-0.25, -0.2) is 4.79 Å². The van der Waals surface area contributed by atoms with Gasteiger partial charge in [0, 0.05) is 12.5 Å². The molecular formula is C16H13NO7. The Kier molecular flexibility index (Phi) is 5.10. The molecule has 0 radical (unpaired) electrons. The van der Waals surface area contributed by atoms with E-state index in [1.54, 1.807) is 12.1 Å². The molecule has 124 valence electrons. The molecule has 0 N–H and O–H groups in total. The van der Waals surface area contributed by atoms with Gasteiger partial charge < -0.3 is 9.47 Å². The SMILES string of the molecule is CC(=O)Oc1ccccc1C(=O)Oc1cccc(O[N+](=O)[O-])c1C. The summed E-state index contributed by atoms with van der Waals surface area (Å²) in [6, 6.07) is 10.4. The van der Waals surface area contributed by atoms with Gasteiger partial charge in [-0.3, -0.25) is 9.63 Å². The number of rotatable bonds is 5. The lowest BCUT2D eigenvalue weighted by Crippen LogP contribution is -2.13. The first-order valence-electron chi connectivity index (χ1n) is 6.80. The third kappa shape index (κ3) is 4.07. The lowest BCUT2D eigenvalue weighted by molar-refractivity contribution is -0.711. The second kappa shape index (κ2) is 7.23. The number of carbonyl (C=O) groups excluding carboxylic acids is 2. The molecule has 0 saturated heterocycles. The van der Waals surface area contributed by atoms with Crippen molar-refractivity contribution in [3.8, 4) is 17.2 Å². The maximum Gasteiger partial charge on any atom is 0.347 e. The maximum atomic E-state index is 12.3. The molecule has 0 atom stereocenters. The van der Waals surface area contributed by atoms with Gasteiger partial charge in [-0.15, -0.1) is 10.1 Å². The second-order valence-electron chi connectivity index (χ2n) is 4.67. The normalized spacial score (nSPS) is 9.92. The highest BCUT2D eigenvalue weighted by Gasteiger charge is 2.18. The Balaban J connectivity index is 2.28. The van der Waals surface area contributed by atoms with Crippen molar-refractivity contribution in [1.29, 1.82) is 0 Å². The zero-order valence-corrected chi connectivity index (χ0v) is 12.8. The van der Waals surface area contributed by atoms with Gasteiger partial charge in [0.1, 0.15) is 22.8 Å². The highest BCUT2D eigenvalue weighted by molar-refractivity contribution is 5.95. The predicted molar refractivity (Wildman–Crippen MR) is 81.5 cm³/mol. The van der Waals surface area contributed by atoms with Crippen molar-refractivity contribution >= 4 is 11.9 Å². The van der Waals surface area contributed by atoms with Crippen LogP contribution in [0, 0.1) is 17.0 Å². The van der Waals surface area contributed by atoms with Crippen LogP contribution in [0.25, 0.3) is 0 Å². The van der Waals surface area contributed by atoms with E-state index in [-0.39, 0.29) is 28.4 Å². The van der Waals surface area contributed by atoms with Crippen molar-refractivity contribution in [3.63, 3.8) is 0 Å². The summed E-state index contributed by atoms with van der Waals surface area (Å²) >= 11 is 0. The number of ether oxygens (including phenoxy) is 2. The van der Waals surface area contributed by atoms with Crippen molar-refractivity contribution in [3.05, 3.63) is 63.7 Å². The van der Waals surface area contributed by atoms with Gasteiger partial charge in [-0.05, 0) is 31.2 Å². The minimum atomic E-state index is -0.954. The number of para-hydroxylation sites is 1. The average Bonchev–Trinajstić information content (AvgIpc) is 2.50. The lowest BCUT2D eigenvalue weighted by atomic mass is 10.2. The van der Waals surface area contributed by atoms with Crippen LogP contribution in [-0.4, -0.2) is 17.0 Å². The fourth-order valence-corrected chi connectivity index (χ4v) is 1.92. The van der Waals surface area contributed by atoms with E-state index >= 15 is 0 Å². The van der Waals surface area contributed by atoms with Gasteiger partial charge in [0.25, 0.3) is 5.09 Å². The lowest BCUT2D eigenvalue weighted by Gasteiger charge is -2.11. The third-order valence-corrected chi connectivity index (χ3v) is 2.97. The quantitative estimate of drug-likeness (QED) is 0.359. The molecule has 2 aromatic rings. The summed E-state index contributed by atoms with van der Waals surface area (Å²) in [6.45, 7) is 2.73. The smallest absolute Gasteiger partial charge is 0.347 e. The molecule has 0 aliphatic carbocycles. The molecule has 8 nitrogen and oxygen atoms in total. The fourth-order valence-electron chi connectivity index (χ4n) is 1.92. The number of nitrogens with zero attached hydrogens (tertiary/aromatic N) is 1. The van der Waals surface area contributed by atoms with Gasteiger partial charge in [0.05, 0.1) is 0 Å². The van der Waals surface area contributed by atoms with Crippen LogP contribution in [0.15, 0.2) is 42.5 Å². The number of hydrogen-bond acceptors (Lipinski definition) is 7. The number of hydrogen-bond donors (Lipinski definition) is 0. The number of carbonyl (C=O) groups is 2. The minimum Gasteiger partial charge on any atom is -0.426 e. The van der Waals surface area contributed by atoms with Crippen LogP contribution in [-0.2, 0) is 4.79 Å². The molecular weight excluding hydrogens is 318 g/mol. The first kappa shape index (κ1) is 16.9. The number of benzene rings is 2. The van der Waals surface area contributed by atoms with Crippen LogP contribution >= 0.6 is 0 Å². The van der Waals surface area contributed by atoms with E-state index < -0.39 is 17.0 Å². The summed E-state index contributed by atoms with van der Waals surface area (Å²) in [5.74, 6) is -1.23. The standard InChI is InChI=1S/C16H13NO7/c1-10-13(8-5-9-14(10)24-17(20)21)23-16(19)12-6-3-4-7-15(12)22-11(2)18/h3-9H,1-2H3. The number of esters is 2. The molecule has 0 heterocycles. The molecule has 0 saturated carbocycles. The van der Waals surface area contributed by atoms with Crippen molar-refractivity contribution in [2.75, 3.05) is 0 Å². The summed E-state index contributed by atoms with van der Waals surface area (Å²) < 4.78 is 10.2. The van der Waals surface area contributed by atoms with E-state index in [1.807, 2.05) is 0 Å². The van der Waals surface area contributed by atoms with Gasteiger partial charge in [0.2, 0.25) is 0 Å². The van der Waals surface area contributed by atoms with Gasteiger partial charge in [0.15, 0.2) is 0 Å². The fraction of sp³-hybridized carbons (Fsp3) is 0.125. The molecule has 24 heavy (non-hydrogen) atoms. The van der Waals surface area contributed by atoms with Gasteiger partial charge in [-0.1, -0.05) is 18.2 Å². The molecule has 2 aromatic carbocycles. The highest BCUT2D eigenvalue weighted by atomic mass is 17.0. The Labute approximate surface area is 136 Å². The van der Waals surface area contributed by atoms with Crippen molar-refractivity contribution in [2.45, 2.75) is 13.8 Å². The van der Waals surface area contributed by atoms with Crippen LogP contribution in [0.4, 0.5) is 0 Å². The van der Waals surface area contributed by atoms with E-state index in [2.05, 4.69) is 4.84 Å². The molecule has 8 heteroatoms. The zero-order chi connectivity index (χ0) is 17.7. The minimum absolute atomic E-state index is 0.0430. The van der Waals surface area contributed by atoms with Gasteiger partial charge in [-0.2, -0.15) is 0 Å². The molecule has 0 aromatic heterocycles. The Morgan fingerprint density at radius 1 is 0.958 bits per heavy atom. The monoisotopic (exact) mass is 331 g/mol. The van der Waals surface area contributed by atoms with E-state index in [1.165, 1.54) is 44.2 Å². The summed E-state index contributed by atoms with van der Waals surface area (Å²) in [7, 11) is 0. The van der Waals surface area contributed by atoms with Crippen molar-refractivity contribution in [2.24, 2.45) is 0 Å². The first-order chi connectivity index (χ1) is 11.4. The molecule has 0 unspecified atom stereocenters. The third-order valence-electron chi connectivity index (χ3n) is 2.97. The highest BCUT2D eigenvalue weighted by Crippen LogP contribution is 2.29. The Hall–Kier alpha value is -3.42. The zero-order valence-electron chi connectivity index (χ0n) is 12.8. The molecule has 0 aliphatic rings. The summed E-state index contributed by atoms with van der Waals surface area (Å²) in [5.41, 5.74) is 0.334. The van der Waals surface area contributed by atoms with Crippen molar-refractivity contribution < 1.29 is 29.0 Å². The van der Waals surface area contributed by atoms with Crippen LogP contribution in [0.5, 0.6) is 17.2 Å². The summed E-state index contributed by atoms with van der Waals surface area (Å²) in [5, 5.41) is 9.50. The maximum absolute atomic E-state index is 12.3. The van der Waals surface area contributed by atoms with E-state index in [4.69, 9.17) is 9.47 Å². The molecule has 2 rings (SSSR count). The van der Waals surface area contributed by atoms with Crippen LogP contribution in [0.3, 0.4) is 0 Å². The van der Waals surface area contributed by atoms with E-state index in [0.29, 0.717) is 0 Å². The van der Waals surface area contributed by atoms with E-state index in [9.17, 15) is 19.7 Å². The molecule has 0 fully saturated rings. The topological polar surface area (TPSA) is 105 Å². The largest absolute Gasteiger partial charge is 0.426 e. The van der Waals surface area contributed by atoms with E-state index in [0.717, 1.165) is 0 Å². The molecule has 0 aliphatic heterocycles. The Bertz CT molecular complexity index is 801. The van der Waals surface area contributed by atoms with Crippen LogP contribution < -0.4 is 14.3 Å². The first-order valence-corrected chi connectivity index (χ1v) is 6.80. The average molecular weight is 331 g/mol. The predicted octanol–water partition coefficient (Wildman–Crippen LogP) is 2.71. The molecule has 0 amide bonds. The van der Waals surface area contributed by atoms with Crippen molar-refractivity contribution in [1.82, 2.24) is 0 Å². The Morgan fingerprint density at radius 2 is 1.58 bits per heavy atom.